The van der Waals surface area contributed by atoms with Crippen LogP contribution >= 0.6 is 11.6 Å². The molecular formula is C25H21ClN2O4. The number of ether oxygens (including phenoxy) is 2. The number of anilines is 2. The van der Waals surface area contributed by atoms with E-state index in [2.05, 4.69) is 5.32 Å². The highest BCUT2D eigenvalue weighted by Crippen LogP contribution is 2.36. The lowest BCUT2D eigenvalue weighted by Crippen LogP contribution is -2.32. The van der Waals surface area contributed by atoms with E-state index in [-0.39, 0.29) is 11.3 Å². The number of aryl methyl sites for hydroxylation is 1. The zero-order valence-electron chi connectivity index (χ0n) is 17.8. The summed E-state index contributed by atoms with van der Waals surface area (Å²) in [6, 6.07) is 19.1. The Morgan fingerprint density at radius 1 is 0.844 bits per heavy atom. The molecule has 1 heterocycles. The summed E-state index contributed by atoms with van der Waals surface area (Å²) in [7, 11) is 3.11. The van der Waals surface area contributed by atoms with Crippen LogP contribution in [0.2, 0.25) is 5.02 Å². The number of nitrogens with one attached hydrogen (secondary N) is 1. The van der Waals surface area contributed by atoms with Gasteiger partial charge in [-0.1, -0.05) is 29.8 Å². The molecule has 0 aromatic heterocycles. The van der Waals surface area contributed by atoms with Gasteiger partial charge in [0.15, 0.2) is 0 Å². The second-order valence-corrected chi connectivity index (χ2v) is 7.67. The second-order valence-electron chi connectivity index (χ2n) is 7.23. The first-order valence-corrected chi connectivity index (χ1v) is 10.3. The van der Waals surface area contributed by atoms with E-state index in [1.807, 2.05) is 25.1 Å². The largest absolute Gasteiger partial charge is 0.497 e. The molecule has 0 fully saturated rings. The van der Waals surface area contributed by atoms with Gasteiger partial charge in [0.05, 0.1) is 31.2 Å². The first-order chi connectivity index (χ1) is 15.4. The molecule has 162 valence electrons. The number of halogens is 1. The Morgan fingerprint density at radius 3 is 2.16 bits per heavy atom. The SMILES string of the molecule is COc1ccc(N2C(=O)C(Nc3cc(C)ccc3OC)=C(c3ccc(Cl)cc3)C2=O)cc1. The fourth-order valence-electron chi connectivity index (χ4n) is 3.55. The molecule has 32 heavy (non-hydrogen) atoms. The van der Waals surface area contributed by atoms with Crippen LogP contribution in [0.5, 0.6) is 11.5 Å². The van der Waals surface area contributed by atoms with Crippen molar-refractivity contribution in [2.24, 2.45) is 0 Å². The van der Waals surface area contributed by atoms with Crippen molar-refractivity contribution in [3.05, 3.63) is 88.6 Å². The number of hydrogen-bond acceptors (Lipinski definition) is 5. The standard InChI is InChI=1S/C25H21ClN2O4/c1-15-4-13-21(32-3)20(14-15)27-23-22(16-5-7-17(26)8-6-16)24(29)28(25(23)30)18-9-11-19(31-2)12-10-18/h4-14,27H,1-3H3. The first-order valence-electron chi connectivity index (χ1n) is 9.87. The van der Waals surface area contributed by atoms with Gasteiger partial charge in [-0.2, -0.15) is 0 Å². The molecule has 0 aliphatic carbocycles. The molecule has 4 rings (SSSR count). The Hall–Kier alpha value is -3.77. The van der Waals surface area contributed by atoms with Crippen molar-refractivity contribution in [2.75, 3.05) is 24.4 Å². The lowest BCUT2D eigenvalue weighted by molar-refractivity contribution is -0.120. The third-order valence-electron chi connectivity index (χ3n) is 5.16. The second kappa shape index (κ2) is 8.77. The van der Waals surface area contributed by atoms with Crippen molar-refractivity contribution < 1.29 is 19.1 Å². The average Bonchev–Trinajstić information content (AvgIpc) is 3.04. The van der Waals surface area contributed by atoms with Gasteiger partial charge in [-0.05, 0) is 66.6 Å². The molecule has 3 aromatic rings. The van der Waals surface area contributed by atoms with Crippen LogP contribution in [0.3, 0.4) is 0 Å². The van der Waals surface area contributed by atoms with E-state index in [1.165, 1.54) is 0 Å². The van der Waals surface area contributed by atoms with E-state index in [0.29, 0.717) is 33.5 Å². The number of carbonyl (C=O) groups excluding carboxylic acids is 2. The van der Waals surface area contributed by atoms with Crippen molar-refractivity contribution in [3.8, 4) is 11.5 Å². The van der Waals surface area contributed by atoms with Gasteiger partial charge in [0, 0.05) is 5.02 Å². The molecule has 0 unspecified atom stereocenters. The maximum Gasteiger partial charge on any atom is 0.282 e. The maximum atomic E-state index is 13.5. The predicted molar refractivity (Wildman–Crippen MR) is 125 cm³/mol. The third kappa shape index (κ3) is 3.92. The van der Waals surface area contributed by atoms with E-state index < -0.39 is 11.8 Å². The molecule has 1 aliphatic heterocycles. The average molecular weight is 449 g/mol. The summed E-state index contributed by atoms with van der Waals surface area (Å²) >= 11 is 6.04. The molecule has 2 amide bonds. The highest BCUT2D eigenvalue weighted by atomic mass is 35.5. The zero-order chi connectivity index (χ0) is 22.8. The number of benzene rings is 3. The van der Waals surface area contributed by atoms with Crippen molar-refractivity contribution in [1.29, 1.82) is 0 Å². The molecule has 1 aliphatic rings. The minimum absolute atomic E-state index is 0.164. The van der Waals surface area contributed by atoms with Crippen molar-refractivity contribution in [2.45, 2.75) is 6.92 Å². The quantitative estimate of drug-likeness (QED) is 0.534. The molecular weight excluding hydrogens is 428 g/mol. The highest BCUT2D eigenvalue weighted by molar-refractivity contribution is 6.46. The van der Waals surface area contributed by atoms with Gasteiger partial charge < -0.3 is 14.8 Å². The smallest absolute Gasteiger partial charge is 0.282 e. The lowest BCUT2D eigenvalue weighted by atomic mass is 10.0. The van der Waals surface area contributed by atoms with Crippen LogP contribution < -0.4 is 19.7 Å². The van der Waals surface area contributed by atoms with Crippen molar-refractivity contribution >= 4 is 40.4 Å². The minimum Gasteiger partial charge on any atom is -0.497 e. The van der Waals surface area contributed by atoms with Gasteiger partial charge in [0.25, 0.3) is 11.8 Å². The van der Waals surface area contributed by atoms with Crippen LogP contribution in [-0.4, -0.2) is 26.0 Å². The number of hydrogen-bond donors (Lipinski definition) is 1. The summed E-state index contributed by atoms with van der Waals surface area (Å²) in [5, 5.41) is 3.69. The summed E-state index contributed by atoms with van der Waals surface area (Å²) in [6.07, 6.45) is 0. The normalized spacial score (nSPS) is 13.6. The summed E-state index contributed by atoms with van der Waals surface area (Å²) in [4.78, 5) is 28.1. The monoisotopic (exact) mass is 448 g/mol. The molecule has 0 radical (unpaired) electrons. The molecule has 0 saturated heterocycles. The Bertz CT molecular complexity index is 1220. The highest BCUT2D eigenvalue weighted by Gasteiger charge is 2.40. The number of nitrogens with zero attached hydrogens (tertiary/aromatic N) is 1. The van der Waals surface area contributed by atoms with E-state index in [0.717, 1.165) is 10.5 Å². The van der Waals surface area contributed by atoms with Crippen LogP contribution in [0.1, 0.15) is 11.1 Å². The van der Waals surface area contributed by atoms with Crippen molar-refractivity contribution in [3.63, 3.8) is 0 Å². The number of carbonyl (C=O) groups is 2. The summed E-state index contributed by atoms with van der Waals surface area (Å²) in [5.74, 6) is 0.286. The predicted octanol–water partition coefficient (Wildman–Crippen LogP) is 5.06. The van der Waals surface area contributed by atoms with Gasteiger partial charge in [-0.3, -0.25) is 9.59 Å². The topological polar surface area (TPSA) is 67.9 Å². The van der Waals surface area contributed by atoms with Crippen LogP contribution in [0.25, 0.3) is 5.57 Å². The Labute approximate surface area is 191 Å². The van der Waals surface area contributed by atoms with Gasteiger partial charge in [0.1, 0.15) is 17.2 Å². The fourth-order valence-corrected chi connectivity index (χ4v) is 3.68. The van der Waals surface area contributed by atoms with Crippen LogP contribution in [-0.2, 0) is 9.59 Å². The van der Waals surface area contributed by atoms with Crippen molar-refractivity contribution in [1.82, 2.24) is 0 Å². The van der Waals surface area contributed by atoms with Gasteiger partial charge in [0.2, 0.25) is 0 Å². The third-order valence-corrected chi connectivity index (χ3v) is 5.41. The number of rotatable bonds is 6. The van der Waals surface area contributed by atoms with E-state index in [1.54, 1.807) is 62.8 Å². The molecule has 1 N–H and O–H groups in total. The first kappa shape index (κ1) is 21.5. The summed E-state index contributed by atoms with van der Waals surface area (Å²) in [5.41, 5.74) is 3.01. The Balaban J connectivity index is 1.83. The lowest BCUT2D eigenvalue weighted by Gasteiger charge is -2.16. The Kier molecular flexibility index (Phi) is 5.88. The molecule has 0 spiro atoms. The van der Waals surface area contributed by atoms with Crippen LogP contribution in [0.15, 0.2) is 72.4 Å². The van der Waals surface area contributed by atoms with E-state index in [9.17, 15) is 9.59 Å². The number of imide groups is 1. The summed E-state index contributed by atoms with van der Waals surface area (Å²) in [6.45, 7) is 1.93. The Morgan fingerprint density at radius 2 is 1.53 bits per heavy atom. The number of amides is 2. The molecule has 0 atom stereocenters. The van der Waals surface area contributed by atoms with Gasteiger partial charge in [-0.25, -0.2) is 4.90 Å². The van der Waals surface area contributed by atoms with E-state index in [4.69, 9.17) is 21.1 Å². The van der Waals surface area contributed by atoms with Crippen LogP contribution in [0.4, 0.5) is 11.4 Å². The van der Waals surface area contributed by atoms with Gasteiger partial charge in [-0.15, -0.1) is 0 Å². The van der Waals surface area contributed by atoms with E-state index >= 15 is 0 Å². The molecule has 7 heteroatoms. The van der Waals surface area contributed by atoms with Gasteiger partial charge >= 0.3 is 0 Å². The zero-order valence-corrected chi connectivity index (χ0v) is 18.6. The molecule has 3 aromatic carbocycles. The summed E-state index contributed by atoms with van der Waals surface area (Å²) < 4.78 is 10.6. The maximum absolute atomic E-state index is 13.5. The van der Waals surface area contributed by atoms with Crippen LogP contribution in [0, 0.1) is 6.92 Å². The fraction of sp³-hybridized carbons (Fsp3) is 0.120. The molecule has 6 nitrogen and oxygen atoms in total. The number of methoxy groups -OCH3 is 2. The molecule has 0 saturated carbocycles. The minimum atomic E-state index is -0.464. The molecule has 0 bridgehead atoms.